The summed E-state index contributed by atoms with van der Waals surface area (Å²) in [4.78, 5) is 0. The summed E-state index contributed by atoms with van der Waals surface area (Å²) in [7, 11) is 3.56. The molecule has 0 aliphatic heterocycles. The van der Waals surface area contributed by atoms with Gasteiger partial charge in [-0.05, 0) is 53.3 Å². The summed E-state index contributed by atoms with van der Waals surface area (Å²) in [5.41, 5.74) is 1.82. The number of nitrogens with zero attached hydrogens (tertiary/aromatic N) is 2. The summed E-state index contributed by atoms with van der Waals surface area (Å²) in [5.74, 6) is 1.57. The van der Waals surface area contributed by atoms with Gasteiger partial charge in [0.05, 0.1) is 17.3 Å². The SMILES string of the molecule is CNCCNc1ccc(-c2ccc(OC)c(Br)c2)nn1. The second-order valence-corrected chi connectivity index (χ2v) is 5.04. The minimum absolute atomic E-state index is 0.775. The summed E-state index contributed by atoms with van der Waals surface area (Å²) in [6, 6.07) is 9.71. The summed E-state index contributed by atoms with van der Waals surface area (Å²) in [5, 5.41) is 14.6. The summed E-state index contributed by atoms with van der Waals surface area (Å²) in [6.07, 6.45) is 0. The molecule has 6 heteroatoms. The quantitative estimate of drug-likeness (QED) is 0.794. The van der Waals surface area contributed by atoms with E-state index in [4.69, 9.17) is 4.74 Å². The Labute approximate surface area is 126 Å². The zero-order valence-electron chi connectivity index (χ0n) is 11.5. The van der Waals surface area contributed by atoms with Gasteiger partial charge in [-0.3, -0.25) is 0 Å². The molecule has 0 aliphatic carbocycles. The van der Waals surface area contributed by atoms with Gasteiger partial charge >= 0.3 is 0 Å². The van der Waals surface area contributed by atoms with Gasteiger partial charge in [0, 0.05) is 18.7 Å². The zero-order valence-corrected chi connectivity index (χ0v) is 13.1. The fraction of sp³-hybridized carbons (Fsp3) is 0.286. The van der Waals surface area contributed by atoms with Crippen LogP contribution >= 0.6 is 15.9 Å². The van der Waals surface area contributed by atoms with Gasteiger partial charge in [-0.2, -0.15) is 0 Å². The summed E-state index contributed by atoms with van der Waals surface area (Å²) >= 11 is 3.47. The van der Waals surface area contributed by atoms with Crippen LogP contribution in [0.15, 0.2) is 34.8 Å². The third-order valence-electron chi connectivity index (χ3n) is 2.79. The van der Waals surface area contributed by atoms with E-state index in [1.165, 1.54) is 0 Å². The van der Waals surface area contributed by atoms with Crippen LogP contribution in [-0.4, -0.2) is 37.4 Å². The smallest absolute Gasteiger partial charge is 0.148 e. The average Bonchev–Trinajstić information content (AvgIpc) is 2.48. The fourth-order valence-electron chi connectivity index (χ4n) is 1.72. The minimum atomic E-state index is 0.775. The number of hydrogen-bond acceptors (Lipinski definition) is 5. The van der Waals surface area contributed by atoms with Gasteiger partial charge in [-0.1, -0.05) is 0 Å². The maximum absolute atomic E-state index is 5.21. The third-order valence-corrected chi connectivity index (χ3v) is 3.41. The van der Waals surface area contributed by atoms with E-state index < -0.39 is 0 Å². The number of anilines is 1. The van der Waals surface area contributed by atoms with Crippen LogP contribution < -0.4 is 15.4 Å². The Morgan fingerprint density at radius 2 is 2.00 bits per heavy atom. The number of aromatic nitrogens is 2. The van der Waals surface area contributed by atoms with Crippen molar-refractivity contribution in [3.05, 3.63) is 34.8 Å². The van der Waals surface area contributed by atoms with Crippen LogP contribution in [0.2, 0.25) is 0 Å². The van der Waals surface area contributed by atoms with Crippen molar-refractivity contribution in [2.24, 2.45) is 0 Å². The molecule has 0 spiro atoms. The molecular formula is C14H17BrN4O. The lowest BCUT2D eigenvalue weighted by atomic mass is 10.1. The van der Waals surface area contributed by atoms with Crippen molar-refractivity contribution < 1.29 is 4.74 Å². The zero-order chi connectivity index (χ0) is 14.4. The Kier molecular flexibility index (Phi) is 5.31. The molecule has 1 aromatic carbocycles. The largest absolute Gasteiger partial charge is 0.496 e. The molecule has 0 unspecified atom stereocenters. The number of nitrogens with one attached hydrogen (secondary N) is 2. The van der Waals surface area contributed by atoms with Crippen LogP contribution in [0.1, 0.15) is 0 Å². The predicted octanol–water partition coefficient (Wildman–Crippen LogP) is 2.55. The number of hydrogen-bond donors (Lipinski definition) is 2. The van der Waals surface area contributed by atoms with Gasteiger partial charge in [0.2, 0.25) is 0 Å². The Bertz CT molecular complexity index is 560. The van der Waals surface area contributed by atoms with Gasteiger partial charge < -0.3 is 15.4 Å². The summed E-state index contributed by atoms with van der Waals surface area (Å²) < 4.78 is 6.11. The van der Waals surface area contributed by atoms with Crippen LogP contribution in [0.25, 0.3) is 11.3 Å². The molecule has 5 nitrogen and oxygen atoms in total. The highest BCUT2D eigenvalue weighted by atomic mass is 79.9. The monoisotopic (exact) mass is 336 g/mol. The van der Waals surface area contributed by atoms with Gasteiger partial charge in [0.1, 0.15) is 11.6 Å². The maximum atomic E-state index is 5.21. The van der Waals surface area contributed by atoms with Crippen LogP contribution in [0.4, 0.5) is 5.82 Å². The number of halogens is 1. The molecule has 0 radical (unpaired) electrons. The number of methoxy groups -OCH3 is 1. The van der Waals surface area contributed by atoms with E-state index in [-0.39, 0.29) is 0 Å². The Hall–Kier alpha value is -1.66. The van der Waals surface area contributed by atoms with E-state index in [1.807, 2.05) is 37.4 Å². The molecule has 2 rings (SSSR count). The highest BCUT2D eigenvalue weighted by Gasteiger charge is 2.05. The van der Waals surface area contributed by atoms with Crippen molar-refractivity contribution in [2.75, 3.05) is 32.6 Å². The first kappa shape index (κ1) is 14.7. The van der Waals surface area contributed by atoms with E-state index >= 15 is 0 Å². The first-order chi connectivity index (χ1) is 9.74. The van der Waals surface area contributed by atoms with Crippen molar-refractivity contribution >= 4 is 21.7 Å². The van der Waals surface area contributed by atoms with Gasteiger partial charge in [-0.25, -0.2) is 0 Å². The Morgan fingerprint density at radius 3 is 2.60 bits per heavy atom. The van der Waals surface area contributed by atoms with Crippen LogP contribution in [0, 0.1) is 0 Å². The maximum Gasteiger partial charge on any atom is 0.148 e. The van der Waals surface area contributed by atoms with Gasteiger partial charge in [-0.15, -0.1) is 10.2 Å². The first-order valence-corrected chi connectivity index (χ1v) is 7.10. The molecule has 0 aliphatic rings. The highest BCUT2D eigenvalue weighted by Crippen LogP contribution is 2.29. The molecule has 0 atom stereocenters. The van der Waals surface area contributed by atoms with E-state index in [0.717, 1.165) is 40.4 Å². The molecule has 2 N–H and O–H groups in total. The lowest BCUT2D eigenvalue weighted by Crippen LogP contribution is -2.18. The van der Waals surface area contributed by atoms with Crippen molar-refractivity contribution in [2.45, 2.75) is 0 Å². The number of rotatable bonds is 6. The van der Waals surface area contributed by atoms with Crippen molar-refractivity contribution in [3.8, 4) is 17.0 Å². The number of ether oxygens (including phenoxy) is 1. The van der Waals surface area contributed by atoms with E-state index in [0.29, 0.717) is 0 Å². The van der Waals surface area contributed by atoms with Crippen LogP contribution in [0.5, 0.6) is 5.75 Å². The van der Waals surface area contributed by atoms with Gasteiger partial charge in [0.25, 0.3) is 0 Å². The lowest BCUT2D eigenvalue weighted by Gasteiger charge is -2.07. The second-order valence-electron chi connectivity index (χ2n) is 4.18. The molecule has 0 saturated carbocycles. The summed E-state index contributed by atoms with van der Waals surface area (Å²) in [6.45, 7) is 1.70. The minimum Gasteiger partial charge on any atom is -0.496 e. The number of likely N-dealkylation sites (N-methyl/N-ethyl adjacent to an activating group) is 1. The van der Waals surface area contributed by atoms with Crippen LogP contribution in [0.3, 0.4) is 0 Å². The molecule has 0 amide bonds. The molecule has 2 aromatic rings. The van der Waals surface area contributed by atoms with Crippen molar-refractivity contribution in [1.82, 2.24) is 15.5 Å². The van der Waals surface area contributed by atoms with E-state index in [2.05, 4.69) is 36.8 Å². The molecule has 1 aromatic heterocycles. The normalized spacial score (nSPS) is 10.3. The van der Waals surface area contributed by atoms with Crippen molar-refractivity contribution in [3.63, 3.8) is 0 Å². The molecule has 0 saturated heterocycles. The first-order valence-electron chi connectivity index (χ1n) is 6.30. The van der Waals surface area contributed by atoms with E-state index in [9.17, 15) is 0 Å². The van der Waals surface area contributed by atoms with Crippen LogP contribution in [-0.2, 0) is 0 Å². The standard InChI is InChI=1S/C14H17BrN4O/c1-16-7-8-17-14-6-4-12(18-19-14)10-3-5-13(20-2)11(15)9-10/h3-6,9,16H,7-8H2,1-2H3,(H,17,19). The second kappa shape index (κ2) is 7.21. The topological polar surface area (TPSA) is 59.1 Å². The van der Waals surface area contributed by atoms with Gasteiger partial charge in [0.15, 0.2) is 0 Å². The Balaban J connectivity index is 2.11. The molecule has 106 valence electrons. The fourth-order valence-corrected chi connectivity index (χ4v) is 2.26. The average molecular weight is 337 g/mol. The number of benzene rings is 1. The molecule has 0 fully saturated rings. The highest BCUT2D eigenvalue weighted by molar-refractivity contribution is 9.10. The Morgan fingerprint density at radius 1 is 1.15 bits per heavy atom. The van der Waals surface area contributed by atoms with Crippen molar-refractivity contribution in [1.29, 1.82) is 0 Å². The molecule has 0 bridgehead atoms. The van der Waals surface area contributed by atoms with E-state index in [1.54, 1.807) is 7.11 Å². The lowest BCUT2D eigenvalue weighted by molar-refractivity contribution is 0.412. The predicted molar refractivity (Wildman–Crippen MR) is 84.1 cm³/mol. The molecular weight excluding hydrogens is 320 g/mol. The molecule has 20 heavy (non-hydrogen) atoms. The third kappa shape index (κ3) is 3.68. The molecule has 1 heterocycles.